The molecule has 154 valence electrons. The van der Waals surface area contributed by atoms with Gasteiger partial charge in [0, 0.05) is 24.7 Å². The zero-order chi connectivity index (χ0) is 21.0. The van der Waals surface area contributed by atoms with Gasteiger partial charge in [-0.2, -0.15) is 0 Å². The topological polar surface area (TPSA) is 107 Å². The Morgan fingerprint density at radius 1 is 1.24 bits per heavy atom. The number of sulfone groups is 1. The number of non-ortho nitro benzene ring substituents is 1. The van der Waals surface area contributed by atoms with Crippen molar-refractivity contribution in [2.45, 2.75) is 19.0 Å². The molecule has 2 aromatic carbocycles. The van der Waals surface area contributed by atoms with Gasteiger partial charge in [-0.25, -0.2) is 12.8 Å². The van der Waals surface area contributed by atoms with Crippen LogP contribution in [-0.4, -0.2) is 48.3 Å². The number of nitro benzene ring substituents is 1. The molecule has 1 fully saturated rings. The summed E-state index contributed by atoms with van der Waals surface area (Å²) in [5, 5.41) is 10.7. The van der Waals surface area contributed by atoms with Crippen LogP contribution in [0.2, 0.25) is 0 Å². The van der Waals surface area contributed by atoms with Gasteiger partial charge in [-0.15, -0.1) is 0 Å². The van der Waals surface area contributed by atoms with E-state index in [0.29, 0.717) is 12.0 Å². The third-order valence-electron chi connectivity index (χ3n) is 4.62. The highest BCUT2D eigenvalue weighted by molar-refractivity contribution is 7.91. The molecule has 0 aliphatic carbocycles. The van der Waals surface area contributed by atoms with Gasteiger partial charge in [-0.3, -0.25) is 14.9 Å². The molecule has 3 rings (SSSR count). The highest BCUT2D eigenvalue weighted by Crippen LogP contribution is 2.22. The molecular weight excluding hydrogens is 403 g/mol. The van der Waals surface area contributed by atoms with E-state index in [1.165, 1.54) is 47.4 Å². The van der Waals surface area contributed by atoms with Crippen LogP contribution >= 0.6 is 0 Å². The van der Waals surface area contributed by atoms with Gasteiger partial charge in [-0.1, -0.05) is 12.1 Å². The second-order valence-corrected chi connectivity index (χ2v) is 8.98. The highest BCUT2D eigenvalue weighted by atomic mass is 32.2. The average molecular weight is 422 g/mol. The van der Waals surface area contributed by atoms with E-state index < -0.39 is 32.5 Å². The molecule has 0 aromatic heterocycles. The van der Waals surface area contributed by atoms with Crippen LogP contribution in [0.1, 0.15) is 12.0 Å². The van der Waals surface area contributed by atoms with Gasteiger partial charge in [0.1, 0.15) is 11.6 Å². The summed E-state index contributed by atoms with van der Waals surface area (Å²) in [6.07, 6.45) is 0.306. The Morgan fingerprint density at radius 2 is 1.97 bits per heavy atom. The minimum Gasteiger partial charge on any atom is -0.484 e. The zero-order valence-corrected chi connectivity index (χ0v) is 16.2. The first-order valence-corrected chi connectivity index (χ1v) is 10.7. The number of carbonyl (C=O) groups is 1. The predicted molar refractivity (Wildman–Crippen MR) is 103 cm³/mol. The largest absolute Gasteiger partial charge is 0.484 e. The standard InChI is InChI=1S/C19H19FN2O6S/c20-15-3-1-2-14(10-15)11-21(17-8-9-29(26,27)13-17)19(23)12-28-18-6-4-16(5-7-18)22(24)25/h1-7,10,17H,8-9,11-13H2/t17-/m1/s1. The fourth-order valence-electron chi connectivity index (χ4n) is 3.17. The van der Waals surface area contributed by atoms with Gasteiger partial charge in [0.25, 0.3) is 11.6 Å². The van der Waals surface area contributed by atoms with E-state index >= 15 is 0 Å². The number of rotatable bonds is 7. The van der Waals surface area contributed by atoms with Crippen molar-refractivity contribution in [1.82, 2.24) is 4.90 Å². The molecule has 0 bridgehead atoms. The number of nitrogens with zero attached hydrogens (tertiary/aromatic N) is 2. The number of ether oxygens (including phenoxy) is 1. The van der Waals surface area contributed by atoms with E-state index in [2.05, 4.69) is 0 Å². The van der Waals surface area contributed by atoms with Crippen molar-refractivity contribution in [3.63, 3.8) is 0 Å². The lowest BCUT2D eigenvalue weighted by Gasteiger charge is -2.28. The molecule has 2 aromatic rings. The summed E-state index contributed by atoms with van der Waals surface area (Å²) in [5.74, 6) is -0.779. The molecule has 1 aliphatic heterocycles. The molecule has 8 nitrogen and oxygen atoms in total. The minimum absolute atomic E-state index is 0.00614. The first-order chi connectivity index (χ1) is 13.7. The Balaban J connectivity index is 1.72. The molecule has 0 N–H and O–H groups in total. The summed E-state index contributed by atoms with van der Waals surface area (Å²) < 4.78 is 42.6. The maximum Gasteiger partial charge on any atom is 0.269 e. The molecule has 1 amide bonds. The van der Waals surface area contributed by atoms with Crippen molar-refractivity contribution in [1.29, 1.82) is 0 Å². The van der Waals surface area contributed by atoms with E-state index in [4.69, 9.17) is 4.74 Å². The molecule has 1 heterocycles. The second kappa shape index (κ2) is 8.56. The molecule has 0 spiro atoms. The molecule has 1 saturated heterocycles. The third-order valence-corrected chi connectivity index (χ3v) is 6.37. The van der Waals surface area contributed by atoms with Crippen molar-refractivity contribution in [3.05, 3.63) is 70.0 Å². The normalized spacial score (nSPS) is 17.6. The van der Waals surface area contributed by atoms with Crippen LogP contribution in [0.25, 0.3) is 0 Å². The van der Waals surface area contributed by atoms with E-state index in [1.807, 2.05) is 0 Å². The Bertz CT molecular complexity index is 1010. The van der Waals surface area contributed by atoms with Crippen LogP contribution in [0.15, 0.2) is 48.5 Å². The number of nitro groups is 1. The van der Waals surface area contributed by atoms with E-state index in [9.17, 15) is 27.7 Å². The monoisotopic (exact) mass is 422 g/mol. The van der Waals surface area contributed by atoms with Crippen molar-refractivity contribution >= 4 is 21.4 Å². The number of hydrogen-bond acceptors (Lipinski definition) is 6. The first kappa shape index (κ1) is 20.7. The van der Waals surface area contributed by atoms with Crippen LogP contribution < -0.4 is 4.74 Å². The SMILES string of the molecule is O=C(COc1ccc([N+](=O)[O-])cc1)N(Cc1cccc(F)c1)[C@@H]1CCS(=O)(=O)C1. The fraction of sp³-hybridized carbons (Fsp3) is 0.316. The summed E-state index contributed by atoms with van der Waals surface area (Å²) in [6, 6.07) is 10.5. The average Bonchev–Trinajstić information content (AvgIpc) is 3.04. The van der Waals surface area contributed by atoms with E-state index in [1.54, 1.807) is 6.07 Å². The maximum absolute atomic E-state index is 13.5. The van der Waals surface area contributed by atoms with E-state index in [-0.39, 0.29) is 36.1 Å². The van der Waals surface area contributed by atoms with Crippen LogP contribution in [-0.2, 0) is 21.2 Å². The second-order valence-electron chi connectivity index (χ2n) is 6.75. The van der Waals surface area contributed by atoms with Crippen molar-refractivity contribution in [2.75, 3.05) is 18.1 Å². The maximum atomic E-state index is 13.5. The lowest BCUT2D eigenvalue weighted by atomic mass is 10.1. The van der Waals surface area contributed by atoms with Crippen molar-refractivity contribution in [2.24, 2.45) is 0 Å². The highest BCUT2D eigenvalue weighted by Gasteiger charge is 2.34. The van der Waals surface area contributed by atoms with E-state index in [0.717, 1.165) is 0 Å². The van der Waals surface area contributed by atoms with Crippen LogP contribution in [0, 0.1) is 15.9 Å². The lowest BCUT2D eigenvalue weighted by molar-refractivity contribution is -0.384. The van der Waals surface area contributed by atoms with Crippen LogP contribution in [0.4, 0.5) is 10.1 Å². The van der Waals surface area contributed by atoms with Crippen molar-refractivity contribution < 1.29 is 27.3 Å². The number of halogens is 1. The van der Waals surface area contributed by atoms with Gasteiger partial charge in [0.05, 0.1) is 16.4 Å². The lowest BCUT2D eigenvalue weighted by Crippen LogP contribution is -2.43. The molecule has 29 heavy (non-hydrogen) atoms. The Hall–Kier alpha value is -3.01. The van der Waals surface area contributed by atoms with Gasteiger partial charge in [0.2, 0.25) is 0 Å². The number of benzene rings is 2. The van der Waals surface area contributed by atoms with Gasteiger partial charge >= 0.3 is 0 Å². The molecule has 1 atom stereocenters. The number of carbonyl (C=O) groups excluding carboxylic acids is 1. The fourth-order valence-corrected chi connectivity index (χ4v) is 4.90. The van der Waals surface area contributed by atoms with Crippen LogP contribution in [0.3, 0.4) is 0 Å². The smallest absolute Gasteiger partial charge is 0.269 e. The summed E-state index contributed by atoms with van der Waals surface area (Å²) in [6.45, 7) is -0.315. The summed E-state index contributed by atoms with van der Waals surface area (Å²) >= 11 is 0. The number of hydrogen-bond donors (Lipinski definition) is 0. The summed E-state index contributed by atoms with van der Waals surface area (Å²) in [7, 11) is -3.23. The van der Waals surface area contributed by atoms with Crippen molar-refractivity contribution in [3.8, 4) is 5.75 Å². The van der Waals surface area contributed by atoms with Gasteiger partial charge in [0.15, 0.2) is 16.4 Å². The minimum atomic E-state index is -3.23. The Morgan fingerprint density at radius 3 is 2.55 bits per heavy atom. The molecule has 0 unspecified atom stereocenters. The molecule has 1 aliphatic rings. The van der Waals surface area contributed by atoms with Gasteiger partial charge < -0.3 is 9.64 Å². The Labute approximate surface area is 167 Å². The summed E-state index contributed by atoms with van der Waals surface area (Å²) in [5.41, 5.74) is 0.436. The molecular formula is C19H19FN2O6S. The zero-order valence-electron chi connectivity index (χ0n) is 15.4. The van der Waals surface area contributed by atoms with Crippen LogP contribution in [0.5, 0.6) is 5.75 Å². The summed E-state index contributed by atoms with van der Waals surface area (Å²) in [4.78, 5) is 24.3. The van der Waals surface area contributed by atoms with Gasteiger partial charge in [-0.05, 0) is 36.2 Å². The quantitative estimate of drug-likeness (QED) is 0.501. The number of amides is 1. The molecule has 0 saturated carbocycles. The first-order valence-electron chi connectivity index (χ1n) is 8.85. The Kier molecular flexibility index (Phi) is 6.12. The third kappa shape index (κ3) is 5.50. The molecule has 0 radical (unpaired) electrons. The molecule has 10 heteroatoms. The predicted octanol–water partition coefficient (Wildman–Crippen LogP) is 2.33.